The Kier molecular flexibility index (Phi) is 5.08. The van der Waals surface area contributed by atoms with E-state index < -0.39 is 22.8 Å². The van der Waals surface area contributed by atoms with Crippen LogP contribution in [0.3, 0.4) is 0 Å². The summed E-state index contributed by atoms with van der Waals surface area (Å²) in [6.45, 7) is 3.93. The number of pyridine rings is 1. The number of hydrogen-bond donors (Lipinski definition) is 2. The number of nitrogens with zero attached hydrogens (tertiary/aromatic N) is 4. The molecule has 0 amide bonds. The Morgan fingerprint density at radius 1 is 1.19 bits per heavy atom. The van der Waals surface area contributed by atoms with Gasteiger partial charge in [0.1, 0.15) is 11.5 Å². The maximum absolute atomic E-state index is 13.0. The smallest absolute Gasteiger partial charge is 0.394 e. The molecular weight excluding hydrogens is 369 g/mol. The van der Waals surface area contributed by atoms with E-state index >= 15 is 0 Å². The number of hydrogen-bond acceptors (Lipinski definition) is 6. The van der Waals surface area contributed by atoms with Crippen molar-refractivity contribution in [2.24, 2.45) is 0 Å². The number of anilines is 3. The van der Waals surface area contributed by atoms with Crippen LogP contribution in [0.15, 0.2) is 12.1 Å². The van der Waals surface area contributed by atoms with Crippen molar-refractivity contribution in [1.29, 1.82) is 0 Å². The van der Waals surface area contributed by atoms with E-state index in [1.54, 1.807) is 0 Å². The second-order valence-electron chi connectivity index (χ2n) is 6.08. The van der Waals surface area contributed by atoms with Crippen molar-refractivity contribution >= 4 is 28.9 Å². The maximum Gasteiger partial charge on any atom is 0.435 e. The largest absolute Gasteiger partial charge is 0.435 e. The number of rotatable bonds is 4. The summed E-state index contributed by atoms with van der Waals surface area (Å²) in [6, 6.07) is 3.75. The van der Waals surface area contributed by atoms with Gasteiger partial charge in [0.15, 0.2) is 11.5 Å². The zero-order valence-electron chi connectivity index (χ0n) is 14.1. The Bertz CT molecular complexity index is 805. The molecule has 1 aliphatic heterocycles. The molecule has 0 saturated carbocycles. The molecule has 3 rings (SSSR count). The molecule has 1 saturated heterocycles. The fourth-order valence-corrected chi connectivity index (χ4v) is 3.05. The van der Waals surface area contributed by atoms with E-state index in [9.17, 15) is 13.2 Å². The third-order valence-corrected chi connectivity index (χ3v) is 4.30. The summed E-state index contributed by atoms with van der Waals surface area (Å²) in [4.78, 5) is 13.7. The van der Waals surface area contributed by atoms with Crippen molar-refractivity contribution in [2.45, 2.75) is 32.5 Å². The van der Waals surface area contributed by atoms with Gasteiger partial charge in [-0.25, -0.2) is 9.97 Å². The van der Waals surface area contributed by atoms with E-state index in [0.717, 1.165) is 43.0 Å². The predicted octanol–water partition coefficient (Wildman–Crippen LogP) is 3.65. The summed E-state index contributed by atoms with van der Waals surface area (Å²) < 4.78 is 39.0. The molecule has 0 radical (unpaired) electrons. The number of aromatic nitrogens is 3. The lowest BCUT2D eigenvalue weighted by molar-refractivity contribution is -0.140. The van der Waals surface area contributed by atoms with E-state index in [-0.39, 0.29) is 12.4 Å². The molecule has 140 valence electrons. The minimum absolute atomic E-state index is 0.148. The molecular formula is C16H18ClF3N6. The van der Waals surface area contributed by atoms with Crippen molar-refractivity contribution in [3.8, 4) is 0 Å². The van der Waals surface area contributed by atoms with Gasteiger partial charge in [0.05, 0.1) is 0 Å². The van der Waals surface area contributed by atoms with Crippen LogP contribution in [-0.4, -0.2) is 28.0 Å². The minimum atomic E-state index is -4.71. The van der Waals surface area contributed by atoms with Crippen LogP contribution in [0.5, 0.6) is 0 Å². The summed E-state index contributed by atoms with van der Waals surface area (Å²) in [7, 11) is 0. The maximum atomic E-state index is 13.0. The molecule has 0 unspecified atom stereocenters. The molecule has 6 nitrogen and oxygen atoms in total. The highest BCUT2D eigenvalue weighted by Crippen LogP contribution is 2.36. The molecule has 0 bridgehead atoms. The van der Waals surface area contributed by atoms with E-state index in [4.69, 9.17) is 17.3 Å². The van der Waals surface area contributed by atoms with Crippen molar-refractivity contribution in [3.05, 3.63) is 34.4 Å². The van der Waals surface area contributed by atoms with Crippen molar-refractivity contribution < 1.29 is 13.2 Å². The first kappa shape index (κ1) is 18.5. The topological polar surface area (TPSA) is 80.0 Å². The third kappa shape index (κ3) is 3.92. The standard InChI is InChI=1S/C16H18ClF3N6/c1-9-4-5-10(14(23-9)26-6-2-3-7-26)8-22-13-11(21)12(16(18,19)20)24-15(17)25-13/h4-5H,2-3,6-8,21H2,1H3,(H,22,24,25). The van der Waals surface area contributed by atoms with Crippen LogP contribution in [0.2, 0.25) is 5.28 Å². The highest BCUT2D eigenvalue weighted by molar-refractivity contribution is 6.28. The average molecular weight is 387 g/mol. The van der Waals surface area contributed by atoms with Gasteiger partial charge in [-0.3, -0.25) is 0 Å². The Balaban J connectivity index is 1.87. The van der Waals surface area contributed by atoms with Gasteiger partial charge in [-0.2, -0.15) is 18.2 Å². The molecule has 10 heteroatoms. The zero-order valence-corrected chi connectivity index (χ0v) is 14.8. The van der Waals surface area contributed by atoms with Crippen LogP contribution in [-0.2, 0) is 12.7 Å². The highest BCUT2D eigenvalue weighted by atomic mass is 35.5. The average Bonchev–Trinajstić information content (AvgIpc) is 3.09. The molecule has 0 spiro atoms. The number of nitrogens with two attached hydrogens (primary N) is 1. The number of aryl methyl sites for hydroxylation is 1. The lowest BCUT2D eigenvalue weighted by Crippen LogP contribution is -2.22. The molecule has 0 aromatic carbocycles. The summed E-state index contributed by atoms with van der Waals surface area (Å²) in [6.07, 6.45) is -2.53. The summed E-state index contributed by atoms with van der Waals surface area (Å²) in [5.74, 6) is 0.676. The van der Waals surface area contributed by atoms with Crippen LogP contribution in [0, 0.1) is 6.92 Å². The molecule has 26 heavy (non-hydrogen) atoms. The van der Waals surface area contributed by atoms with Crippen LogP contribution >= 0.6 is 11.6 Å². The normalized spacial score (nSPS) is 14.7. The Morgan fingerprint density at radius 3 is 2.54 bits per heavy atom. The number of nitrogens with one attached hydrogen (secondary N) is 1. The van der Waals surface area contributed by atoms with Gasteiger partial charge in [-0.15, -0.1) is 0 Å². The van der Waals surface area contributed by atoms with Gasteiger partial charge in [0.25, 0.3) is 0 Å². The Labute approximate surface area is 153 Å². The van der Waals surface area contributed by atoms with E-state index in [1.165, 1.54) is 0 Å². The minimum Gasteiger partial charge on any atom is -0.394 e. The number of halogens is 4. The fraction of sp³-hybridized carbons (Fsp3) is 0.438. The second-order valence-corrected chi connectivity index (χ2v) is 6.42. The highest BCUT2D eigenvalue weighted by Gasteiger charge is 2.37. The molecule has 1 fully saturated rings. The third-order valence-electron chi connectivity index (χ3n) is 4.13. The number of alkyl halides is 3. The van der Waals surface area contributed by atoms with E-state index in [1.807, 2.05) is 19.1 Å². The van der Waals surface area contributed by atoms with Gasteiger partial charge < -0.3 is 16.0 Å². The lowest BCUT2D eigenvalue weighted by atomic mass is 10.2. The van der Waals surface area contributed by atoms with Crippen molar-refractivity contribution in [1.82, 2.24) is 15.0 Å². The van der Waals surface area contributed by atoms with Gasteiger partial charge in [-0.05, 0) is 37.4 Å². The van der Waals surface area contributed by atoms with Gasteiger partial charge in [-0.1, -0.05) is 6.07 Å². The predicted molar refractivity (Wildman–Crippen MR) is 94.2 cm³/mol. The lowest BCUT2D eigenvalue weighted by Gasteiger charge is -2.21. The van der Waals surface area contributed by atoms with Gasteiger partial charge in [0, 0.05) is 30.9 Å². The van der Waals surface area contributed by atoms with E-state index in [2.05, 4.69) is 25.2 Å². The fourth-order valence-electron chi connectivity index (χ4n) is 2.88. The summed E-state index contributed by atoms with van der Waals surface area (Å²) in [5, 5.41) is 2.32. The quantitative estimate of drug-likeness (QED) is 0.781. The molecule has 3 N–H and O–H groups in total. The molecule has 2 aromatic rings. The van der Waals surface area contributed by atoms with Crippen LogP contribution in [0.25, 0.3) is 0 Å². The number of nitrogen functional groups attached to an aromatic ring is 1. The molecule has 0 atom stereocenters. The summed E-state index contributed by atoms with van der Waals surface area (Å²) in [5.41, 5.74) is 5.49. The molecule has 2 aromatic heterocycles. The van der Waals surface area contributed by atoms with Crippen LogP contribution in [0.1, 0.15) is 29.8 Å². The van der Waals surface area contributed by atoms with E-state index in [0.29, 0.717) is 0 Å². The first-order valence-corrected chi connectivity index (χ1v) is 8.49. The van der Waals surface area contributed by atoms with Crippen LogP contribution in [0.4, 0.5) is 30.5 Å². The first-order chi connectivity index (χ1) is 12.3. The van der Waals surface area contributed by atoms with Gasteiger partial charge in [0.2, 0.25) is 5.28 Å². The van der Waals surface area contributed by atoms with Crippen LogP contribution < -0.4 is 16.0 Å². The van der Waals surface area contributed by atoms with Crippen molar-refractivity contribution in [3.63, 3.8) is 0 Å². The molecule has 1 aliphatic rings. The molecule has 3 heterocycles. The zero-order chi connectivity index (χ0) is 18.9. The summed E-state index contributed by atoms with van der Waals surface area (Å²) >= 11 is 5.63. The second kappa shape index (κ2) is 7.14. The monoisotopic (exact) mass is 386 g/mol. The first-order valence-electron chi connectivity index (χ1n) is 8.11. The Hall–Kier alpha value is -2.29. The Morgan fingerprint density at radius 2 is 1.88 bits per heavy atom. The van der Waals surface area contributed by atoms with Gasteiger partial charge >= 0.3 is 6.18 Å². The molecule has 0 aliphatic carbocycles. The van der Waals surface area contributed by atoms with Crippen molar-refractivity contribution in [2.75, 3.05) is 29.0 Å². The SMILES string of the molecule is Cc1ccc(CNc2nc(Cl)nc(C(F)(F)F)c2N)c(N2CCCC2)n1.